The lowest BCUT2D eigenvalue weighted by molar-refractivity contribution is -0.124. The van der Waals surface area contributed by atoms with Crippen LogP contribution in [-0.2, 0) is 14.8 Å². The molecule has 0 radical (unpaired) electrons. The summed E-state index contributed by atoms with van der Waals surface area (Å²) < 4.78 is 44.6. The molecule has 2 aromatic rings. The molecule has 0 saturated carbocycles. The Morgan fingerprint density at radius 1 is 0.964 bits per heavy atom. The van der Waals surface area contributed by atoms with E-state index in [9.17, 15) is 13.2 Å². The molecule has 4 rings (SSSR count). The quantitative estimate of drug-likeness (QED) is 0.815. The van der Waals surface area contributed by atoms with Gasteiger partial charge < -0.3 is 19.5 Å². The first kappa shape index (κ1) is 18.4. The van der Waals surface area contributed by atoms with E-state index in [-0.39, 0.29) is 17.4 Å². The second kappa shape index (κ2) is 6.59. The third-order valence-electron chi connectivity index (χ3n) is 4.51. The van der Waals surface area contributed by atoms with Gasteiger partial charge in [-0.2, -0.15) is 0 Å². The van der Waals surface area contributed by atoms with Gasteiger partial charge in [-0.25, -0.2) is 8.42 Å². The molecule has 0 atom stereocenters. The van der Waals surface area contributed by atoms with E-state index in [0.717, 1.165) is 0 Å². The number of ether oxygens (including phenoxy) is 3. The summed E-state index contributed by atoms with van der Waals surface area (Å²) in [7, 11) is -3.86. The summed E-state index contributed by atoms with van der Waals surface area (Å²) in [6, 6.07) is 9.18. The number of sulfonamides is 1. The van der Waals surface area contributed by atoms with Crippen molar-refractivity contribution in [3.63, 3.8) is 0 Å². The van der Waals surface area contributed by atoms with Crippen LogP contribution < -0.4 is 24.2 Å². The van der Waals surface area contributed by atoms with Gasteiger partial charge in [-0.1, -0.05) is 0 Å². The van der Waals surface area contributed by atoms with E-state index in [1.165, 1.54) is 18.2 Å². The number of amides is 1. The molecule has 0 unspecified atom stereocenters. The largest absolute Gasteiger partial charge is 0.490 e. The lowest BCUT2D eigenvalue weighted by Gasteiger charge is -2.19. The van der Waals surface area contributed by atoms with Crippen LogP contribution in [0.1, 0.15) is 13.8 Å². The van der Waals surface area contributed by atoms with E-state index in [4.69, 9.17) is 14.2 Å². The number of rotatable bonds is 3. The summed E-state index contributed by atoms with van der Waals surface area (Å²) in [4.78, 5) is 12.3. The molecule has 148 valence electrons. The Morgan fingerprint density at radius 2 is 1.68 bits per heavy atom. The highest BCUT2D eigenvalue weighted by molar-refractivity contribution is 7.92. The van der Waals surface area contributed by atoms with Crippen molar-refractivity contribution in [2.24, 2.45) is 5.41 Å². The van der Waals surface area contributed by atoms with Crippen LogP contribution in [0.25, 0.3) is 0 Å². The van der Waals surface area contributed by atoms with Gasteiger partial charge in [0.2, 0.25) is 5.91 Å². The Balaban J connectivity index is 1.60. The Morgan fingerprint density at radius 3 is 2.46 bits per heavy atom. The van der Waals surface area contributed by atoms with Crippen molar-refractivity contribution in [3.8, 4) is 17.2 Å². The molecular formula is C19H20N2O6S. The van der Waals surface area contributed by atoms with Crippen molar-refractivity contribution in [2.45, 2.75) is 18.7 Å². The van der Waals surface area contributed by atoms with Crippen LogP contribution >= 0.6 is 0 Å². The van der Waals surface area contributed by atoms with Gasteiger partial charge in [0.25, 0.3) is 10.0 Å². The number of carbonyl (C=O) groups excluding carboxylic acids is 1. The first-order valence-electron chi connectivity index (χ1n) is 8.75. The molecular weight excluding hydrogens is 384 g/mol. The molecule has 1 amide bonds. The van der Waals surface area contributed by atoms with Gasteiger partial charge in [0.1, 0.15) is 25.6 Å². The molecule has 0 fully saturated rings. The number of hydrogen-bond donors (Lipinski definition) is 2. The number of nitrogens with one attached hydrogen (secondary N) is 2. The summed E-state index contributed by atoms with van der Waals surface area (Å²) in [5.74, 6) is 1.19. The zero-order valence-electron chi connectivity index (χ0n) is 15.4. The van der Waals surface area contributed by atoms with E-state index in [1.54, 1.807) is 32.0 Å². The summed E-state index contributed by atoms with van der Waals surface area (Å²) >= 11 is 0. The fourth-order valence-electron chi connectivity index (χ4n) is 2.84. The molecule has 0 aliphatic carbocycles. The molecule has 9 heteroatoms. The van der Waals surface area contributed by atoms with E-state index in [2.05, 4.69) is 10.0 Å². The Kier molecular flexibility index (Phi) is 4.34. The summed E-state index contributed by atoms with van der Waals surface area (Å²) in [6.45, 7) is 4.58. The monoisotopic (exact) mass is 404 g/mol. The van der Waals surface area contributed by atoms with Gasteiger partial charge in [-0.3, -0.25) is 9.52 Å². The maximum Gasteiger partial charge on any atom is 0.262 e. The molecule has 2 heterocycles. The van der Waals surface area contributed by atoms with Crippen LogP contribution in [-0.4, -0.2) is 34.1 Å². The van der Waals surface area contributed by atoms with Gasteiger partial charge in [0.15, 0.2) is 11.5 Å². The van der Waals surface area contributed by atoms with Crippen molar-refractivity contribution in [2.75, 3.05) is 29.9 Å². The highest BCUT2D eigenvalue weighted by Crippen LogP contribution is 2.36. The zero-order valence-corrected chi connectivity index (χ0v) is 16.3. The van der Waals surface area contributed by atoms with E-state index >= 15 is 0 Å². The molecule has 2 aromatic carbocycles. The number of carbonyl (C=O) groups is 1. The van der Waals surface area contributed by atoms with Crippen molar-refractivity contribution in [3.05, 3.63) is 36.4 Å². The van der Waals surface area contributed by atoms with Gasteiger partial charge >= 0.3 is 0 Å². The molecule has 2 aliphatic rings. The second-order valence-electron chi connectivity index (χ2n) is 7.25. The van der Waals surface area contributed by atoms with Gasteiger partial charge in [0, 0.05) is 6.07 Å². The molecule has 0 bridgehead atoms. The third-order valence-corrected chi connectivity index (χ3v) is 5.89. The average molecular weight is 404 g/mol. The first-order valence-corrected chi connectivity index (χ1v) is 10.2. The van der Waals surface area contributed by atoms with Crippen LogP contribution in [0.3, 0.4) is 0 Å². The molecule has 0 aromatic heterocycles. The average Bonchev–Trinajstić information content (AvgIpc) is 2.77. The Hall–Kier alpha value is -2.94. The Labute approximate surface area is 162 Å². The van der Waals surface area contributed by atoms with E-state index in [1.807, 2.05) is 0 Å². The minimum absolute atomic E-state index is 0.0492. The maximum absolute atomic E-state index is 12.8. The number of anilines is 2. The van der Waals surface area contributed by atoms with Crippen molar-refractivity contribution < 1.29 is 27.4 Å². The molecule has 2 N–H and O–H groups in total. The lowest BCUT2D eigenvalue weighted by atomic mass is 9.94. The van der Waals surface area contributed by atoms with Crippen LogP contribution in [0, 0.1) is 5.41 Å². The summed E-state index contributed by atoms with van der Waals surface area (Å²) in [5, 5.41) is 2.78. The second-order valence-corrected chi connectivity index (χ2v) is 8.93. The summed E-state index contributed by atoms with van der Waals surface area (Å²) in [6.07, 6.45) is 0. The Bertz CT molecular complexity index is 1050. The fraction of sp³-hybridized carbons (Fsp3) is 0.316. The highest BCUT2D eigenvalue weighted by atomic mass is 32.2. The maximum atomic E-state index is 12.8. The molecule has 8 nitrogen and oxygen atoms in total. The first-order chi connectivity index (χ1) is 13.2. The van der Waals surface area contributed by atoms with E-state index in [0.29, 0.717) is 41.8 Å². The predicted octanol–water partition coefficient (Wildman–Crippen LogP) is 2.62. The molecule has 28 heavy (non-hydrogen) atoms. The van der Waals surface area contributed by atoms with Crippen LogP contribution in [0.4, 0.5) is 11.4 Å². The number of fused-ring (bicyclic) bond motifs is 2. The van der Waals surface area contributed by atoms with Gasteiger partial charge in [0.05, 0.1) is 21.7 Å². The van der Waals surface area contributed by atoms with E-state index < -0.39 is 15.4 Å². The summed E-state index contributed by atoms with van der Waals surface area (Å²) in [5.41, 5.74) is 0.0272. The van der Waals surface area contributed by atoms with Crippen molar-refractivity contribution in [1.29, 1.82) is 0 Å². The normalized spacial score (nSPS) is 17.6. The van der Waals surface area contributed by atoms with Crippen molar-refractivity contribution >= 4 is 27.3 Å². The van der Waals surface area contributed by atoms with Crippen LogP contribution in [0.15, 0.2) is 41.3 Å². The molecule has 0 saturated heterocycles. The standard InChI is InChI=1S/C19H20N2O6S/c1-19(2)11-27-15-5-3-12(9-14(15)20-18(19)22)21-28(23,24)13-4-6-16-17(10-13)26-8-7-25-16/h3-6,9-10,21H,7-8,11H2,1-2H3,(H,20,22). The topological polar surface area (TPSA) is 103 Å². The molecule has 0 spiro atoms. The lowest BCUT2D eigenvalue weighted by Crippen LogP contribution is -2.33. The van der Waals surface area contributed by atoms with Crippen molar-refractivity contribution in [1.82, 2.24) is 0 Å². The minimum Gasteiger partial charge on any atom is -0.490 e. The van der Waals surface area contributed by atoms with Crippen LogP contribution in [0.2, 0.25) is 0 Å². The SMILES string of the molecule is CC1(C)COc2ccc(NS(=O)(=O)c3ccc4c(c3)OCCO4)cc2NC1=O. The van der Waals surface area contributed by atoms with Crippen LogP contribution in [0.5, 0.6) is 17.2 Å². The zero-order chi connectivity index (χ0) is 19.9. The number of hydrogen-bond acceptors (Lipinski definition) is 6. The van der Waals surface area contributed by atoms with Gasteiger partial charge in [-0.15, -0.1) is 0 Å². The third kappa shape index (κ3) is 3.45. The van der Waals surface area contributed by atoms with Gasteiger partial charge in [-0.05, 0) is 44.2 Å². The molecule has 2 aliphatic heterocycles. The predicted molar refractivity (Wildman–Crippen MR) is 103 cm³/mol. The number of benzene rings is 2. The highest BCUT2D eigenvalue weighted by Gasteiger charge is 2.32. The smallest absolute Gasteiger partial charge is 0.262 e. The fourth-order valence-corrected chi connectivity index (χ4v) is 3.90. The minimum atomic E-state index is -3.86.